The van der Waals surface area contributed by atoms with E-state index in [4.69, 9.17) is 0 Å². The van der Waals surface area contributed by atoms with Crippen molar-refractivity contribution in [2.45, 2.75) is 19.4 Å². The van der Waals surface area contributed by atoms with Crippen molar-refractivity contribution in [1.29, 1.82) is 0 Å². The highest BCUT2D eigenvalue weighted by Gasteiger charge is 2.51. The van der Waals surface area contributed by atoms with Gasteiger partial charge < -0.3 is 10.2 Å². The van der Waals surface area contributed by atoms with Gasteiger partial charge in [0.2, 0.25) is 11.8 Å². The SMILES string of the molecule is CC1=CC[C@@H]2C(=O)N(C)C(=O)[C@@H]2[C@@H]1NC(=O)N(C)C. The van der Waals surface area contributed by atoms with E-state index in [0.29, 0.717) is 6.42 Å². The lowest BCUT2D eigenvalue weighted by molar-refractivity contribution is -0.138. The number of urea groups is 1. The quantitative estimate of drug-likeness (QED) is 0.544. The average Bonchev–Trinajstić information content (AvgIpc) is 2.57. The molecule has 1 saturated heterocycles. The van der Waals surface area contributed by atoms with Crippen molar-refractivity contribution < 1.29 is 14.4 Å². The first-order chi connectivity index (χ1) is 8.84. The lowest BCUT2D eigenvalue weighted by atomic mass is 9.78. The van der Waals surface area contributed by atoms with Gasteiger partial charge in [0.1, 0.15) is 0 Å². The summed E-state index contributed by atoms with van der Waals surface area (Å²) in [7, 11) is 4.79. The van der Waals surface area contributed by atoms with E-state index >= 15 is 0 Å². The summed E-state index contributed by atoms with van der Waals surface area (Å²) in [6, 6.07) is -0.650. The molecule has 3 atom stereocenters. The number of likely N-dealkylation sites (tertiary alicyclic amines) is 1. The molecule has 1 aliphatic carbocycles. The Morgan fingerprint density at radius 1 is 1.37 bits per heavy atom. The molecular formula is C13H19N3O3. The maximum atomic E-state index is 12.2. The number of nitrogens with one attached hydrogen (secondary N) is 1. The number of carbonyl (C=O) groups excluding carboxylic acids is 3. The minimum Gasteiger partial charge on any atom is -0.331 e. The second-order valence-corrected chi connectivity index (χ2v) is 5.37. The topological polar surface area (TPSA) is 69.7 Å². The van der Waals surface area contributed by atoms with Crippen LogP contribution >= 0.6 is 0 Å². The summed E-state index contributed by atoms with van der Waals surface area (Å²) in [6.07, 6.45) is 2.51. The van der Waals surface area contributed by atoms with Gasteiger partial charge in [0.15, 0.2) is 0 Å². The van der Waals surface area contributed by atoms with Crippen LogP contribution in [0.25, 0.3) is 0 Å². The monoisotopic (exact) mass is 265 g/mol. The van der Waals surface area contributed by atoms with Crippen molar-refractivity contribution in [3.05, 3.63) is 11.6 Å². The van der Waals surface area contributed by atoms with Crippen molar-refractivity contribution in [3.8, 4) is 0 Å². The summed E-state index contributed by atoms with van der Waals surface area (Å²) in [5, 5.41) is 2.83. The van der Waals surface area contributed by atoms with Crippen LogP contribution in [0, 0.1) is 11.8 Å². The molecule has 19 heavy (non-hydrogen) atoms. The predicted octanol–water partition coefficient (Wildman–Crippen LogP) is 0.207. The number of allylic oxidation sites excluding steroid dienone is 1. The molecule has 1 fully saturated rings. The van der Waals surface area contributed by atoms with Crippen LogP contribution in [0.5, 0.6) is 0 Å². The molecule has 4 amide bonds. The molecule has 0 spiro atoms. The molecule has 1 heterocycles. The van der Waals surface area contributed by atoms with Crippen LogP contribution in [0.4, 0.5) is 4.79 Å². The number of imide groups is 1. The number of fused-ring (bicyclic) bond motifs is 1. The van der Waals surface area contributed by atoms with E-state index in [-0.39, 0.29) is 23.8 Å². The fourth-order valence-electron chi connectivity index (χ4n) is 2.72. The zero-order valence-corrected chi connectivity index (χ0v) is 11.6. The third-order valence-corrected chi connectivity index (χ3v) is 3.93. The van der Waals surface area contributed by atoms with Gasteiger partial charge in [-0.15, -0.1) is 0 Å². The zero-order valence-electron chi connectivity index (χ0n) is 11.6. The normalized spacial score (nSPS) is 30.0. The molecule has 0 radical (unpaired) electrons. The molecular weight excluding hydrogens is 246 g/mol. The van der Waals surface area contributed by atoms with Gasteiger partial charge in [-0.1, -0.05) is 11.6 Å². The van der Waals surface area contributed by atoms with Crippen molar-refractivity contribution in [1.82, 2.24) is 15.1 Å². The van der Waals surface area contributed by atoms with Crippen LogP contribution in [0.2, 0.25) is 0 Å². The van der Waals surface area contributed by atoms with Crippen LogP contribution in [0.15, 0.2) is 11.6 Å². The van der Waals surface area contributed by atoms with E-state index < -0.39 is 12.0 Å². The van der Waals surface area contributed by atoms with Crippen LogP contribution in [0.1, 0.15) is 13.3 Å². The third-order valence-electron chi connectivity index (χ3n) is 3.93. The van der Waals surface area contributed by atoms with Crippen molar-refractivity contribution in [2.24, 2.45) is 11.8 Å². The number of amides is 4. The Kier molecular flexibility index (Phi) is 3.34. The van der Waals surface area contributed by atoms with Crippen LogP contribution < -0.4 is 5.32 Å². The number of hydrogen-bond donors (Lipinski definition) is 1. The van der Waals surface area contributed by atoms with Gasteiger partial charge in [-0.25, -0.2) is 4.79 Å². The first-order valence-electron chi connectivity index (χ1n) is 6.30. The molecule has 0 aromatic heterocycles. The Balaban J connectivity index is 2.28. The molecule has 0 aromatic carbocycles. The summed E-state index contributed by atoms with van der Waals surface area (Å²) in [5.41, 5.74) is 0.938. The molecule has 0 bridgehead atoms. The largest absolute Gasteiger partial charge is 0.331 e. The van der Waals surface area contributed by atoms with Gasteiger partial charge in [-0.05, 0) is 13.3 Å². The van der Waals surface area contributed by atoms with E-state index in [1.165, 1.54) is 16.8 Å². The molecule has 1 aliphatic heterocycles. The van der Waals surface area contributed by atoms with E-state index in [0.717, 1.165) is 5.57 Å². The number of nitrogens with zero attached hydrogens (tertiary/aromatic N) is 2. The highest BCUT2D eigenvalue weighted by molar-refractivity contribution is 6.05. The minimum atomic E-state index is -0.466. The van der Waals surface area contributed by atoms with E-state index in [1.54, 1.807) is 14.1 Å². The Labute approximate surface area is 112 Å². The smallest absolute Gasteiger partial charge is 0.317 e. The van der Waals surface area contributed by atoms with E-state index in [9.17, 15) is 14.4 Å². The zero-order chi connectivity index (χ0) is 14.3. The van der Waals surface area contributed by atoms with Gasteiger partial charge in [0.25, 0.3) is 0 Å². The lowest BCUT2D eigenvalue weighted by Crippen LogP contribution is -2.50. The average molecular weight is 265 g/mol. The summed E-state index contributed by atoms with van der Waals surface area (Å²) < 4.78 is 0. The summed E-state index contributed by atoms with van der Waals surface area (Å²) in [5.74, 6) is -1.16. The molecule has 1 N–H and O–H groups in total. The number of hydrogen-bond acceptors (Lipinski definition) is 3. The standard InChI is InChI=1S/C13H19N3O3/c1-7-5-6-8-9(12(18)16(4)11(8)17)10(7)14-13(19)15(2)3/h5,8-10H,6H2,1-4H3,(H,14,19)/t8-,9-,10+/m0/s1. The molecule has 104 valence electrons. The molecule has 0 unspecified atom stereocenters. The molecule has 2 rings (SSSR count). The molecule has 2 aliphatic rings. The van der Waals surface area contributed by atoms with Crippen LogP contribution in [0.3, 0.4) is 0 Å². The van der Waals surface area contributed by atoms with E-state index in [2.05, 4.69) is 5.32 Å². The maximum absolute atomic E-state index is 12.2. The van der Waals surface area contributed by atoms with Gasteiger partial charge in [-0.2, -0.15) is 0 Å². The summed E-state index contributed by atoms with van der Waals surface area (Å²) >= 11 is 0. The number of rotatable bonds is 1. The van der Waals surface area contributed by atoms with Gasteiger partial charge in [-0.3, -0.25) is 14.5 Å². The lowest BCUT2D eigenvalue weighted by Gasteiger charge is -2.31. The predicted molar refractivity (Wildman–Crippen MR) is 69.1 cm³/mol. The van der Waals surface area contributed by atoms with Gasteiger partial charge in [0, 0.05) is 21.1 Å². The maximum Gasteiger partial charge on any atom is 0.317 e. The summed E-state index contributed by atoms with van der Waals surface area (Å²) in [4.78, 5) is 38.5. The molecule has 0 saturated carbocycles. The van der Waals surface area contributed by atoms with Gasteiger partial charge >= 0.3 is 6.03 Å². The second-order valence-electron chi connectivity index (χ2n) is 5.37. The van der Waals surface area contributed by atoms with Crippen molar-refractivity contribution >= 4 is 17.8 Å². The third kappa shape index (κ3) is 2.11. The fraction of sp³-hybridized carbons (Fsp3) is 0.615. The molecule has 6 nitrogen and oxygen atoms in total. The molecule has 6 heteroatoms. The van der Waals surface area contributed by atoms with Gasteiger partial charge in [0.05, 0.1) is 17.9 Å². The molecule has 0 aromatic rings. The van der Waals surface area contributed by atoms with Crippen LogP contribution in [-0.2, 0) is 9.59 Å². The Hall–Kier alpha value is -1.85. The van der Waals surface area contributed by atoms with Crippen molar-refractivity contribution in [3.63, 3.8) is 0 Å². The Bertz CT molecular complexity index is 470. The first-order valence-corrected chi connectivity index (χ1v) is 6.30. The highest BCUT2D eigenvalue weighted by atomic mass is 16.2. The Morgan fingerprint density at radius 2 is 2.00 bits per heavy atom. The minimum absolute atomic E-state index is 0.150. The van der Waals surface area contributed by atoms with Crippen molar-refractivity contribution in [2.75, 3.05) is 21.1 Å². The van der Waals surface area contributed by atoms with Crippen LogP contribution in [-0.4, -0.2) is 54.8 Å². The highest BCUT2D eigenvalue weighted by Crippen LogP contribution is 2.37. The first kappa shape index (κ1) is 13.6. The summed E-state index contributed by atoms with van der Waals surface area (Å²) in [6.45, 7) is 1.88. The van der Waals surface area contributed by atoms with E-state index in [1.807, 2.05) is 13.0 Å². The second kappa shape index (κ2) is 4.68. The Morgan fingerprint density at radius 3 is 2.58 bits per heavy atom. The number of carbonyl (C=O) groups is 3. The fourth-order valence-corrected chi connectivity index (χ4v) is 2.72.